The van der Waals surface area contributed by atoms with E-state index < -0.39 is 9.84 Å². The fraction of sp³-hybridized carbons (Fsp3) is 0.350. The van der Waals surface area contributed by atoms with Crippen molar-refractivity contribution in [1.29, 1.82) is 0 Å². The highest BCUT2D eigenvalue weighted by atomic mass is 32.2. The van der Waals surface area contributed by atoms with Gasteiger partial charge in [0.2, 0.25) is 5.91 Å². The second-order valence-corrected chi connectivity index (χ2v) is 10.4. The molecule has 0 aromatic heterocycles. The zero-order chi connectivity index (χ0) is 19.5. The first-order valence-corrected chi connectivity index (χ1v) is 11.2. The molecule has 0 fully saturated rings. The van der Waals surface area contributed by atoms with Crippen molar-refractivity contribution in [2.24, 2.45) is 0 Å². The Balaban J connectivity index is 2.01. The van der Waals surface area contributed by atoms with Crippen molar-refractivity contribution in [3.63, 3.8) is 0 Å². The predicted molar refractivity (Wildman–Crippen MR) is 109 cm³/mol. The Morgan fingerprint density at radius 3 is 2.23 bits per heavy atom. The minimum atomic E-state index is -3.23. The number of carbonyl (C=O) groups is 1. The lowest BCUT2D eigenvalue weighted by atomic mass is 9.87. The van der Waals surface area contributed by atoms with E-state index in [0.29, 0.717) is 11.4 Å². The van der Waals surface area contributed by atoms with Crippen LogP contribution in [0.15, 0.2) is 52.3 Å². The summed E-state index contributed by atoms with van der Waals surface area (Å²) in [5, 5.41) is 2.80. The van der Waals surface area contributed by atoms with Gasteiger partial charge in [0.15, 0.2) is 9.84 Å². The average Bonchev–Trinajstić information content (AvgIpc) is 2.52. The molecule has 0 spiro atoms. The second kappa shape index (κ2) is 7.84. The highest BCUT2D eigenvalue weighted by Gasteiger charge is 2.15. The Morgan fingerprint density at radius 1 is 1.08 bits per heavy atom. The first kappa shape index (κ1) is 20.5. The summed E-state index contributed by atoms with van der Waals surface area (Å²) in [6, 6.07) is 12.6. The van der Waals surface area contributed by atoms with Crippen molar-refractivity contribution in [2.75, 3.05) is 17.3 Å². The molecule has 0 radical (unpaired) electrons. The largest absolute Gasteiger partial charge is 0.325 e. The van der Waals surface area contributed by atoms with Crippen LogP contribution in [0.5, 0.6) is 0 Å². The van der Waals surface area contributed by atoms with Gasteiger partial charge in [0.1, 0.15) is 0 Å². The number of sulfone groups is 1. The van der Waals surface area contributed by atoms with Gasteiger partial charge in [-0.25, -0.2) is 8.42 Å². The summed E-state index contributed by atoms with van der Waals surface area (Å²) in [5.74, 6) is 0.171. The van der Waals surface area contributed by atoms with Crippen molar-refractivity contribution in [1.82, 2.24) is 0 Å². The maximum Gasteiger partial charge on any atom is 0.234 e. The molecule has 1 amide bonds. The summed E-state index contributed by atoms with van der Waals surface area (Å²) in [6.07, 6.45) is 1.16. The van der Waals surface area contributed by atoms with Gasteiger partial charge in [0, 0.05) is 16.8 Å². The Morgan fingerprint density at radius 2 is 1.69 bits per heavy atom. The van der Waals surface area contributed by atoms with Crippen LogP contribution >= 0.6 is 11.8 Å². The Bertz CT molecular complexity index is 896. The molecule has 26 heavy (non-hydrogen) atoms. The summed E-state index contributed by atoms with van der Waals surface area (Å²) in [4.78, 5) is 13.5. The number of amides is 1. The molecule has 140 valence electrons. The quantitative estimate of drug-likeness (QED) is 0.766. The maximum absolute atomic E-state index is 12.2. The normalized spacial score (nSPS) is 12.0. The number of hydrogen-bond acceptors (Lipinski definition) is 4. The van der Waals surface area contributed by atoms with Crippen LogP contribution in [-0.2, 0) is 20.0 Å². The SMILES string of the molecule is Cc1ccc(C(C)(C)C)cc1SCC(=O)Nc1ccc(S(C)(=O)=O)cc1. The zero-order valence-electron chi connectivity index (χ0n) is 15.8. The second-order valence-electron chi connectivity index (χ2n) is 7.36. The number of hydrogen-bond donors (Lipinski definition) is 1. The molecule has 0 aliphatic carbocycles. The summed E-state index contributed by atoms with van der Waals surface area (Å²) >= 11 is 1.50. The average molecular weight is 392 g/mol. The van der Waals surface area contributed by atoms with Gasteiger partial charge in [-0.1, -0.05) is 32.9 Å². The van der Waals surface area contributed by atoms with Gasteiger partial charge < -0.3 is 5.32 Å². The van der Waals surface area contributed by atoms with E-state index in [4.69, 9.17) is 0 Å². The van der Waals surface area contributed by atoms with Crippen LogP contribution in [0, 0.1) is 6.92 Å². The first-order chi connectivity index (χ1) is 12.0. The molecular formula is C20H25NO3S2. The number of anilines is 1. The number of aryl methyl sites for hydroxylation is 1. The molecule has 6 heteroatoms. The van der Waals surface area contributed by atoms with E-state index in [-0.39, 0.29) is 16.2 Å². The monoisotopic (exact) mass is 391 g/mol. The topological polar surface area (TPSA) is 63.2 Å². The molecule has 0 heterocycles. The van der Waals surface area contributed by atoms with E-state index in [0.717, 1.165) is 16.7 Å². The highest BCUT2D eigenvalue weighted by Crippen LogP contribution is 2.29. The molecule has 0 saturated heterocycles. The first-order valence-electron chi connectivity index (χ1n) is 8.31. The molecular weight excluding hydrogens is 366 g/mol. The van der Waals surface area contributed by atoms with Crippen molar-refractivity contribution in [2.45, 2.75) is 42.9 Å². The van der Waals surface area contributed by atoms with Gasteiger partial charge >= 0.3 is 0 Å². The Labute approximate surface area is 160 Å². The number of rotatable bonds is 5. The third kappa shape index (κ3) is 5.61. The number of nitrogens with one attached hydrogen (secondary N) is 1. The third-order valence-corrected chi connectivity index (χ3v) is 6.26. The Hall–Kier alpha value is -1.79. The standard InChI is InChI=1S/C20H25NO3S2/c1-14-6-7-15(20(2,3)4)12-18(14)25-13-19(22)21-16-8-10-17(11-9-16)26(5,23)24/h6-12H,13H2,1-5H3,(H,21,22). The van der Waals surface area contributed by atoms with E-state index in [9.17, 15) is 13.2 Å². The van der Waals surface area contributed by atoms with Gasteiger partial charge in [0.25, 0.3) is 0 Å². The van der Waals surface area contributed by atoms with Gasteiger partial charge in [-0.3, -0.25) is 4.79 Å². The minimum Gasteiger partial charge on any atom is -0.325 e. The van der Waals surface area contributed by atoms with Crippen LogP contribution in [0.25, 0.3) is 0 Å². The third-order valence-electron chi connectivity index (χ3n) is 3.98. The summed E-state index contributed by atoms with van der Waals surface area (Å²) in [7, 11) is -3.23. The lowest BCUT2D eigenvalue weighted by molar-refractivity contribution is -0.113. The van der Waals surface area contributed by atoms with E-state index in [1.165, 1.54) is 29.5 Å². The van der Waals surface area contributed by atoms with Crippen molar-refractivity contribution in [3.05, 3.63) is 53.6 Å². The van der Waals surface area contributed by atoms with E-state index in [2.05, 4.69) is 44.3 Å². The lowest BCUT2D eigenvalue weighted by Gasteiger charge is -2.20. The molecule has 0 saturated carbocycles. The van der Waals surface area contributed by atoms with Crippen LogP contribution in [0.3, 0.4) is 0 Å². The van der Waals surface area contributed by atoms with Crippen LogP contribution < -0.4 is 5.32 Å². The summed E-state index contributed by atoms with van der Waals surface area (Å²) in [5.41, 5.74) is 3.03. The van der Waals surface area contributed by atoms with E-state index in [1.807, 2.05) is 6.92 Å². The molecule has 2 aromatic rings. The molecule has 2 aromatic carbocycles. The van der Waals surface area contributed by atoms with E-state index in [1.54, 1.807) is 12.1 Å². The van der Waals surface area contributed by atoms with Crippen molar-refractivity contribution >= 4 is 33.2 Å². The number of carbonyl (C=O) groups excluding carboxylic acids is 1. The fourth-order valence-electron chi connectivity index (χ4n) is 2.35. The molecule has 0 atom stereocenters. The predicted octanol–water partition coefficient (Wildman–Crippen LogP) is 4.43. The molecule has 1 N–H and O–H groups in total. The minimum absolute atomic E-state index is 0.0621. The van der Waals surface area contributed by atoms with Gasteiger partial charge in [-0.15, -0.1) is 11.8 Å². The van der Waals surface area contributed by atoms with Crippen molar-refractivity contribution in [3.8, 4) is 0 Å². The molecule has 2 rings (SSSR count). The Kier molecular flexibility index (Phi) is 6.19. The molecule has 0 unspecified atom stereocenters. The number of thioether (sulfide) groups is 1. The fourth-order valence-corrected chi connectivity index (χ4v) is 3.84. The van der Waals surface area contributed by atoms with Crippen LogP contribution in [-0.4, -0.2) is 26.3 Å². The lowest BCUT2D eigenvalue weighted by Crippen LogP contribution is -2.14. The van der Waals surface area contributed by atoms with Crippen LogP contribution in [0.4, 0.5) is 5.69 Å². The van der Waals surface area contributed by atoms with Gasteiger partial charge in [0.05, 0.1) is 10.6 Å². The molecule has 4 nitrogen and oxygen atoms in total. The summed E-state index contributed by atoms with van der Waals surface area (Å²) < 4.78 is 22.9. The van der Waals surface area contributed by atoms with Crippen molar-refractivity contribution < 1.29 is 13.2 Å². The van der Waals surface area contributed by atoms with Gasteiger partial charge in [-0.2, -0.15) is 0 Å². The molecule has 0 aliphatic heterocycles. The van der Waals surface area contributed by atoms with Crippen LogP contribution in [0.2, 0.25) is 0 Å². The number of benzene rings is 2. The smallest absolute Gasteiger partial charge is 0.234 e. The molecule has 0 bridgehead atoms. The van der Waals surface area contributed by atoms with Gasteiger partial charge in [-0.05, 0) is 53.8 Å². The zero-order valence-corrected chi connectivity index (χ0v) is 17.4. The highest BCUT2D eigenvalue weighted by molar-refractivity contribution is 8.00. The maximum atomic E-state index is 12.2. The summed E-state index contributed by atoms with van der Waals surface area (Å²) in [6.45, 7) is 8.54. The van der Waals surface area contributed by atoms with Crippen LogP contribution in [0.1, 0.15) is 31.9 Å². The van der Waals surface area contributed by atoms with E-state index >= 15 is 0 Å². The molecule has 0 aliphatic rings.